The molecule has 0 aliphatic carbocycles. The molecule has 0 saturated carbocycles. The van der Waals surface area contributed by atoms with E-state index in [0.29, 0.717) is 0 Å². The van der Waals surface area contributed by atoms with Gasteiger partial charge in [-0.2, -0.15) is 0 Å². The van der Waals surface area contributed by atoms with Crippen molar-refractivity contribution in [3.05, 3.63) is 40.4 Å². The first-order chi connectivity index (χ1) is 7.77. The Kier molecular flexibility index (Phi) is 9.47. The van der Waals surface area contributed by atoms with Crippen LogP contribution in [-0.2, 0) is 0 Å². The van der Waals surface area contributed by atoms with E-state index >= 15 is 0 Å². The van der Waals surface area contributed by atoms with Crippen molar-refractivity contribution >= 4 is 17.7 Å². The highest BCUT2D eigenvalue weighted by Gasteiger charge is 1.98. The number of amides is 4. The number of urea groups is 2. The molecule has 0 heterocycles. The average molecular weight is 243 g/mol. The quantitative estimate of drug-likeness (QED) is 0.388. The Labute approximate surface area is 96.5 Å². The van der Waals surface area contributed by atoms with Gasteiger partial charge in [-0.15, -0.1) is 0 Å². The fraction of sp³-hybridized carbons (Fsp3) is 0. The zero-order valence-electron chi connectivity index (χ0n) is 8.78. The molecule has 4 amide bonds. The van der Waals surface area contributed by atoms with E-state index in [-0.39, 0.29) is 5.69 Å². The Morgan fingerprint density at radius 1 is 0.941 bits per heavy atom. The number of carbonyl (C=O) groups is 2. The summed E-state index contributed by atoms with van der Waals surface area (Å²) >= 11 is 0. The zero-order valence-corrected chi connectivity index (χ0v) is 8.78. The summed E-state index contributed by atoms with van der Waals surface area (Å²) in [5, 5.41) is 10.0. The van der Waals surface area contributed by atoms with Crippen LogP contribution in [0.5, 0.6) is 0 Å². The van der Waals surface area contributed by atoms with Gasteiger partial charge in [0.1, 0.15) is 0 Å². The molecular formula is C8H13N5O4. The number of rotatable bonds is 1. The minimum atomic E-state index is -0.833. The molecule has 0 aliphatic heterocycles. The van der Waals surface area contributed by atoms with Gasteiger partial charge in [0.25, 0.3) is 5.69 Å². The highest BCUT2D eigenvalue weighted by molar-refractivity contribution is 5.69. The Bertz CT molecular complexity index is 347. The average Bonchev–Trinajstić information content (AvgIpc) is 2.17. The maximum absolute atomic E-state index is 10.0. The lowest BCUT2D eigenvalue weighted by Gasteiger charge is -1.85. The first-order valence-corrected chi connectivity index (χ1v) is 4.06. The fourth-order valence-electron chi connectivity index (χ4n) is 0.550. The third-order valence-electron chi connectivity index (χ3n) is 0.967. The second-order valence-electron chi connectivity index (χ2n) is 2.40. The van der Waals surface area contributed by atoms with E-state index in [2.05, 4.69) is 22.9 Å². The summed E-state index contributed by atoms with van der Waals surface area (Å²) in [6.45, 7) is 0. The number of nitro benzene ring substituents is 1. The molecule has 8 N–H and O–H groups in total. The third-order valence-corrected chi connectivity index (χ3v) is 0.967. The maximum Gasteiger partial charge on any atom is 0.309 e. The Morgan fingerprint density at radius 2 is 1.24 bits per heavy atom. The largest absolute Gasteiger partial charge is 0.352 e. The SMILES string of the molecule is NC(N)=O.NC(N)=O.O=[N+]([O-])c1ccccc1. The van der Waals surface area contributed by atoms with Crippen molar-refractivity contribution in [1.29, 1.82) is 0 Å². The predicted octanol–water partition coefficient (Wildman–Crippen LogP) is -0.358. The van der Waals surface area contributed by atoms with Crippen molar-refractivity contribution in [2.75, 3.05) is 0 Å². The number of nitro groups is 1. The minimum Gasteiger partial charge on any atom is -0.352 e. The van der Waals surface area contributed by atoms with Crippen molar-refractivity contribution in [1.82, 2.24) is 0 Å². The number of para-hydroxylation sites is 1. The first-order valence-electron chi connectivity index (χ1n) is 4.06. The molecule has 1 aromatic rings. The first kappa shape index (κ1) is 16.6. The number of nitrogens with two attached hydrogens (primary N) is 4. The zero-order chi connectivity index (χ0) is 13.8. The van der Waals surface area contributed by atoms with E-state index in [0.717, 1.165) is 0 Å². The smallest absolute Gasteiger partial charge is 0.309 e. The minimum absolute atomic E-state index is 0.137. The molecule has 17 heavy (non-hydrogen) atoms. The highest BCUT2D eigenvalue weighted by Crippen LogP contribution is 2.06. The predicted molar refractivity (Wildman–Crippen MR) is 60.6 cm³/mol. The van der Waals surface area contributed by atoms with Gasteiger partial charge in [-0.05, 0) is 0 Å². The number of primary amides is 4. The monoisotopic (exact) mass is 243 g/mol. The van der Waals surface area contributed by atoms with E-state index in [9.17, 15) is 10.1 Å². The lowest BCUT2D eigenvalue weighted by Crippen LogP contribution is -2.18. The van der Waals surface area contributed by atoms with Gasteiger partial charge >= 0.3 is 12.1 Å². The molecule has 0 fully saturated rings. The molecule has 0 unspecified atom stereocenters. The molecule has 0 atom stereocenters. The number of nitrogens with zero attached hydrogens (tertiary/aromatic N) is 1. The van der Waals surface area contributed by atoms with Crippen LogP contribution in [0.3, 0.4) is 0 Å². The molecule has 0 bridgehead atoms. The van der Waals surface area contributed by atoms with Crippen LogP contribution in [-0.4, -0.2) is 17.0 Å². The Hall–Kier alpha value is -2.84. The van der Waals surface area contributed by atoms with Gasteiger partial charge in [-0.3, -0.25) is 10.1 Å². The van der Waals surface area contributed by atoms with Gasteiger partial charge in [0.2, 0.25) is 0 Å². The van der Waals surface area contributed by atoms with Crippen LogP contribution in [0.2, 0.25) is 0 Å². The summed E-state index contributed by atoms with van der Waals surface area (Å²) in [5.41, 5.74) is 17.1. The van der Waals surface area contributed by atoms with Gasteiger partial charge in [0.05, 0.1) is 4.92 Å². The molecule has 1 aromatic carbocycles. The van der Waals surface area contributed by atoms with Crippen molar-refractivity contribution in [2.24, 2.45) is 22.9 Å². The maximum atomic E-state index is 10.0. The molecule has 94 valence electrons. The molecule has 1 rings (SSSR count). The summed E-state index contributed by atoms with van der Waals surface area (Å²) in [7, 11) is 0. The summed E-state index contributed by atoms with van der Waals surface area (Å²) in [6.07, 6.45) is 0. The Balaban J connectivity index is 0. The number of hydrogen-bond donors (Lipinski definition) is 4. The van der Waals surface area contributed by atoms with E-state index in [4.69, 9.17) is 9.59 Å². The summed E-state index contributed by atoms with van der Waals surface area (Å²) < 4.78 is 0. The standard InChI is InChI=1S/C6H5NO2.2CH4N2O/c8-7(9)6-4-2-1-3-5-6;2*2-1(3)4/h1-5H;2*(H4,2,3,4). The van der Waals surface area contributed by atoms with Crippen LogP contribution in [0.25, 0.3) is 0 Å². The number of carbonyl (C=O) groups excluding carboxylic acids is 2. The van der Waals surface area contributed by atoms with Crippen molar-refractivity contribution in [3.63, 3.8) is 0 Å². The highest BCUT2D eigenvalue weighted by atomic mass is 16.6. The normalized spacial score (nSPS) is 7.53. The second-order valence-corrected chi connectivity index (χ2v) is 2.40. The van der Waals surface area contributed by atoms with Crippen LogP contribution in [0.1, 0.15) is 0 Å². The van der Waals surface area contributed by atoms with Gasteiger partial charge in [0, 0.05) is 12.1 Å². The molecule has 0 radical (unpaired) electrons. The molecule has 0 spiro atoms. The van der Waals surface area contributed by atoms with Crippen LogP contribution < -0.4 is 22.9 Å². The van der Waals surface area contributed by atoms with Gasteiger partial charge in [-0.1, -0.05) is 18.2 Å². The second kappa shape index (κ2) is 9.71. The molecule has 0 aromatic heterocycles. The lowest BCUT2D eigenvalue weighted by atomic mass is 10.3. The van der Waals surface area contributed by atoms with Gasteiger partial charge < -0.3 is 22.9 Å². The molecule has 9 heteroatoms. The van der Waals surface area contributed by atoms with Gasteiger partial charge in [0.15, 0.2) is 0 Å². The summed E-state index contributed by atoms with van der Waals surface area (Å²) in [4.78, 5) is 27.6. The van der Waals surface area contributed by atoms with Crippen molar-refractivity contribution in [2.45, 2.75) is 0 Å². The number of non-ortho nitro benzene ring substituents is 1. The van der Waals surface area contributed by atoms with Crippen LogP contribution in [0.15, 0.2) is 30.3 Å². The number of benzene rings is 1. The summed E-state index contributed by atoms with van der Waals surface area (Å²) in [6, 6.07) is 6.27. The van der Waals surface area contributed by atoms with Crippen LogP contribution in [0, 0.1) is 10.1 Å². The fourth-order valence-corrected chi connectivity index (χ4v) is 0.550. The summed E-state index contributed by atoms with van der Waals surface area (Å²) in [5.74, 6) is 0. The topological polar surface area (TPSA) is 181 Å². The van der Waals surface area contributed by atoms with E-state index < -0.39 is 17.0 Å². The van der Waals surface area contributed by atoms with Crippen LogP contribution >= 0.6 is 0 Å². The van der Waals surface area contributed by atoms with Crippen molar-refractivity contribution in [3.8, 4) is 0 Å². The molecular weight excluding hydrogens is 230 g/mol. The van der Waals surface area contributed by atoms with Crippen molar-refractivity contribution < 1.29 is 14.5 Å². The van der Waals surface area contributed by atoms with E-state index in [1.165, 1.54) is 12.1 Å². The number of hydrogen-bond acceptors (Lipinski definition) is 4. The molecule has 9 nitrogen and oxygen atoms in total. The molecule has 0 saturated heterocycles. The molecule has 0 aliphatic rings. The van der Waals surface area contributed by atoms with E-state index in [1.807, 2.05) is 0 Å². The lowest BCUT2D eigenvalue weighted by molar-refractivity contribution is -0.384. The van der Waals surface area contributed by atoms with Crippen LogP contribution in [0.4, 0.5) is 15.3 Å². The van der Waals surface area contributed by atoms with E-state index in [1.54, 1.807) is 18.2 Å². The third kappa shape index (κ3) is 19.5. The Morgan fingerprint density at radius 3 is 1.41 bits per heavy atom. The van der Waals surface area contributed by atoms with Gasteiger partial charge in [-0.25, -0.2) is 9.59 Å².